The molecule has 0 N–H and O–H groups in total. The molecule has 3 aromatic rings. The number of rotatable bonds is 1. The van der Waals surface area contributed by atoms with Crippen LogP contribution in [-0.4, -0.2) is 18.1 Å². The van der Waals surface area contributed by atoms with E-state index in [0.29, 0.717) is 11.0 Å². The third-order valence-corrected chi connectivity index (χ3v) is 4.24. The maximum absolute atomic E-state index is 12.4. The van der Waals surface area contributed by atoms with Crippen molar-refractivity contribution < 1.29 is 4.73 Å². The minimum Gasteiger partial charge on any atom is -0.618 e. The van der Waals surface area contributed by atoms with Gasteiger partial charge in [-0.1, -0.05) is 12.1 Å². The predicted molar refractivity (Wildman–Crippen MR) is 84.3 cm³/mol. The third kappa shape index (κ3) is 2.07. The topological polar surface area (TPSA) is 43.1 Å². The number of nitrogens with zero attached hydrogens (tertiary/aromatic N) is 3. The number of piperidine rings is 1. The van der Waals surface area contributed by atoms with Gasteiger partial charge in [0.05, 0.1) is 0 Å². The molecule has 0 aliphatic carbocycles. The second-order valence-corrected chi connectivity index (χ2v) is 5.62. The summed E-state index contributed by atoms with van der Waals surface area (Å²) in [6.45, 7) is 2.19. The molecule has 0 bridgehead atoms. The number of hydrogen-bond donors (Lipinski definition) is 0. The summed E-state index contributed by atoms with van der Waals surface area (Å²) in [6.07, 6.45) is 3.79. The Morgan fingerprint density at radius 2 is 1.67 bits per heavy atom. The fourth-order valence-corrected chi connectivity index (χ4v) is 3.11. The third-order valence-electron chi connectivity index (χ3n) is 4.24. The summed E-state index contributed by atoms with van der Waals surface area (Å²) in [5.41, 5.74) is 3.94. The fraction of sp³-hybridized carbons (Fsp3) is 0.294. The molecule has 4 heteroatoms. The van der Waals surface area contributed by atoms with Gasteiger partial charge in [-0.05, 0) is 37.5 Å². The molecule has 0 saturated carbocycles. The Kier molecular flexibility index (Phi) is 2.88. The Morgan fingerprint density at radius 1 is 0.905 bits per heavy atom. The second-order valence-electron chi connectivity index (χ2n) is 5.62. The van der Waals surface area contributed by atoms with Gasteiger partial charge in [0, 0.05) is 30.9 Å². The molecule has 2 heterocycles. The van der Waals surface area contributed by atoms with Crippen molar-refractivity contribution in [2.75, 3.05) is 18.0 Å². The predicted octanol–water partition coefficient (Wildman–Crippen LogP) is 3.01. The molecule has 106 valence electrons. The standard InChI is InChI=1S/C17H17N3O/c21-20-16-7-3-2-6-14(16)18-15-12-13(8-9-17(15)20)19-10-4-1-5-11-19/h2-3,6-9,12H,1,4-5,10-11H2. The SMILES string of the molecule is [O-][n+]1c2ccccc2nc2cc(N3CCCCC3)ccc21. The highest BCUT2D eigenvalue weighted by Crippen LogP contribution is 2.23. The van der Waals surface area contributed by atoms with Crippen LogP contribution in [0.2, 0.25) is 0 Å². The number of benzene rings is 2. The van der Waals surface area contributed by atoms with E-state index in [1.54, 1.807) is 0 Å². The van der Waals surface area contributed by atoms with Crippen molar-refractivity contribution in [3.63, 3.8) is 0 Å². The summed E-state index contributed by atoms with van der Waals surface area (Å²) in [6, 6.07) is 13.5. The van der Waals surface area contributed by atoms with Gasteiger partial charge in [0.2, 0.25) is 11.0 Å². The quantitative estimate of drug-likeness (QED) is 0.391. The van der Waals surface area contributed by atoms with E-state index in [9.17, 15) is 5.21 Å². The molecule has 4 nitrogen and oxygen atoms in total. The molecule has 0 unspecified atom stereocenters. The minimum atomic E-state index is 0.621. The van der Waals surface area contributed by atoms with E-state index in [0.717, 1.165) is 28.9 Å². The van der Waals surface area contributed by atoms with Crippen LogP contribution < -0.4 is 9.63 Å². The number of fused-ring (bicyclic) bond motifs is 2. The molecule has 0 radical (unpaired) electrons. The molecule has 0 amide bonds. The average Bonchev–Trinajstić information content (AvgIpc) is 2.55. The van der Waals surface area contributed by atoms with E-state index in [1.165, 1.54) is 24.9 Å². The van der Waals surface area contributed by atoms with Crippen LogP contribution in [0.15, 0.2) is 42.5 Å². The smallest absolute Gasteiger partial charge is 0.243 e. The van der Waals surface area contributed by atoms with Gasteiger partial charge in [-0.15, -0.1) is 0 Å². The summed E-state index contributed by atoms with van der Waals surface area (Å²) in [5.74, 6) is 0. The van der Waals surface area contributed by atoms with E-state index in [4.69, 9.17) is 0 Å². The van der Waals surface area contributed by atoms with E-state index in [1.807, 2.05) is 42.5 Å². The molecule has 1 aliphatic rings. The minimum absolute atomic E-state index is 0.621. The van der Waals surface area contributed by atoms with Crippen LogP contribution in [0.25, 0.3) is 22.1 Å². The van der Waals surface area contributed by atoms with Crippen LogP contribution in [-0.2, 0) is 0 Å². The van der Waals surface area contributed by atoms with Crippen molar-refractivity contribution in [1.82, 2.24) is 4.98 Å². The van der Waals surface area contributed by atoms with Crippen LogP contribution in [0.1, 0.15) is 19.3 Å². The summed E-state index contributed by atoms with van der Waals surface area (Å²) in [4.78, 5) is 7.03. The number of para-hydroxylation sites is 2. The summed E-state index contributed by atoms with van der Waals surface area (Å²) >= 11 is 0. The molecular weight excluding hydrogens is 262 g/mol. The first-order valence-electron chi connectivity index (χ1n) is 7.50. The van der Waals surface area contributed by atoms with Crippen LogP contribution >= 0.6 is 0 Å². The van der Waals surface area contributed by atoms with Crippen molar-refractivity contribution in [3.8, 4) is 0 Å². The zero-order valence-electron chi connectivity index (χ0n) is 11.8. The van der Waals surface area contributed by atoms with Gasteiger partial charge in [-0.25, -0.2) is 4.98 Å². The molecule has 1 aliphatic heterocycles. The molecule has 1 fully saturated rings. The number of hydrogen-bond acceptors (Lipinski definition) is 3. The van der Waals surface area contributed by atoms with E-state index in [-0.39, 0.29) is 0 Å². The first-order chi connectivity index (χ1) is 10.3. The van der Waals surface area contributed by atoms with Crippen LogP contribution in [0, 0.1) is 5.21 Å². The van der Waals surface area contributed by atoms with Crippen molar-refractivity contribution in [1.29, 1.82) is 0 Å². The Bertz CT molecular complexity index is 810. The van der Waals surface area contributed by atoms with Crippen molar-refractivity contribution in [2.45, 2.75) is 19.3 Å². The van der Waals surface area contributed by atoms with Gasteiger partial charge in [-0.2, -0.15) is 4.73 Å². The number of aromatic nitrogens is 2. The zero-order valence-corrected chi connectivity index (χ0v) is 11.8. The lowest BCUT2D eigenvalue weighted by Gasteiger charge is -2.28. The molecule has 1 saturated heterocycles. The van der Waals surface area contributed by atoms with Gasteiger partial charge in [0.25, 0.3) is 0 Å². The lowest BCUT2D eigenvalue weighted by Crippen LogP contribution is -2.30. The Hall–Kier alpha value is -2.36. The highest BCUT2D eigenvalue weighted by atomic mass is 16.5. The second kappa shape index (κ2) is 4.88. The highest BCUT2D eigenvalue weighted by Gasteiger charge is 2.15. The molecule has 0 spiro atoms. The molecule has 2 aromatic carbocycles. The zero-order chi connectivity index (χ0) is 14.2. The maximum Gasteiger partial charge on any atom is 0.243 e. The maximum atomic E-state index is 12.4. The molecule has 4 rings (SSSR count). The van der Waals surface area contributed by atoms with Gasteiger partial charge >= 0.3 is 0 Å². The Morgan fingerprint density at radius 3 is 2.52 bits per heavy atom. The molecule has 1 aromatic heterocycles. The van der Waals surface area contributed by atoms with Gasteiger partial charge < -0.3 is 10.1 Å². The first kappa shape index (κ1) is 12.4. The normalized spacial score (nSPS) is 15.7. The summed E-state index contributed by atoms with van der Waals surface area (Å²) in [5, 5.41) is 12.4. The van der Waals surface area contributed by atoms with E-state index >= 15 is 0 Å². The Labute approximate surface area is 123 Å². The van der Waals surface area contributed by atoms with Gasteiger partial charge in [0.15, 0.2) is 0 Å². The van der Waals surface area contributed by atoms with E-state index < -0.39 is 0 Å². The first-order valence-corrected chi connectivity index (χ1v) is 7.50. The van der Waals surface area contributed by atoms with Crippen molar-refractivity contribution >= 4 is 27.8 Å². The Balaban J connectivity index is 1.88. The average molecular weight is 279 g/mol. The monoisotopic (exact) mass is 279 g/mol. The van der Waals surface area contributed by atoms with Crippen molar-refractivity contribution in [3.05, 3.63) is 47.7 Å². The van der Waals surface area contributed by atoms with Crippen LogP contribution in [0.5, 0.6) is 0 Å². The van der Waals surface area contributed by atoms with Crippen molar-refractivity contribution in [2.24, 2.45) is 0 Å². The van der Waals surface area contributed by atoms with Crippen LogP contribution in [0.4, 0.5) is 5.69 Å². The summed E-state index contributed by atoms with van der Waals surface area (Å²) in [7, 11) is 0. The molecule has 21 heavy (non-hydrogen) atoms. The number of anilines is 1. The van der Waals surface area contributed by atoms with Gasteiger partial charge in [-0.3, -0.25) is 0 Å². The van der Waals surface area contributed by atoms with E-state index in [2.05, 4.69) is 9.88 Å². The largest absolute Gasteiger partial charge is 0.618 e. The fourth-order valence-electron chi connectivity index (χ4n) is 3.11. The highest BCUT2D eigenvalue weighted by molar-refractivity contribution is 5.83. The van der Waals surface area contributed by atoms with Crippen LogP contribution in [0.3, 0.4) is 0 Å². The molecular formula is C17H17N3O. The lowest BCUT2D eigenvalue weighted by atomic mass is 10.1. The molecule has 0 atom stereocenters. The summed E-state index contributed by atoms with van der Waals surface area (Å²) < 4.78 is 0.984. The van der Waals surface area contributed by atoms with Gasteiger partial charge in [0.1, 0.15) is 11.0 Å². The lowest BCUT2D eigenvalue weighted by molar-refractivity contribution is -0.548.